The Kier molecular flexibility index (Phi) is 8.46. The van der Waals surface area contributed by atoms with Gasteiger partial charge >= 0.3 is 5.97 Å². The number of carboxylic acids is 1. The molecule has 0 radical (unpaired) electrons. The highest BCUT2D eigenvalue weighted by atomic mass is 16.5. The highest BCUT2D eigenvalue weighted by Gasteiger charge is 2.07. The summed E-state index contributed by atoms with van der Waals surface area (Å²) in [5.41, 5.74) is 5.20. The molecule has 0 aromatic heterocycles. The van der Waals surface area contributed by atoms with Gasteiger partial charge in [0.1, 0.15) is 6.61 Å². The molecule has 0 rings (SSSR count). The summed E-state index contributed by atoms with van der Waals surface area (Å²) in [7, 11) is 0. The maximum Gasteiger partial charge on any atom is 0.303 e. The van der Waals surface area contributed by atoms with E-state index in [4.69, 9.17) is 15.6 Å². The quantitative estimate of drug-likeness (QED) is 0.475. The molecule has 4 N–H and O–H groups in total. The largest absolute Gasteiger partial charge is 0.481 e. The van der Waals surface area contributed by atoms with Crippen LogP contribution in [-0.4, -0.2) is 42.8 Å². The first-order valence-corrected chi connectivity index (χ1v) is 5.35. The molecule has 0 aliphatic carbocycles. The molecule has 0 saturated heterocycles. The van der Waals surface area contributed by atoms with Gasteiger partial charge in [0, 0.05) is 19.0 Å². The zero-order chi connectivity index (χ0) is 12.4. The molecule has 0 aromatic carbocycles. The summed E-state index contributed by atoms with van der Waals surface area (Å²) in [6.07, 6.45) is 1.33. The smallest absolute Gasteiger partial charge is 0.303 e. The van der Waals surface area contributed by atoms with Crippen molar-refractivity contribution >= 4 is 11.9 Å². The number of carbonyl (C=O) groups excluding carboxylic acids is 1. The van der Waals surface area contributed by atoms with Gasteiger partial charge in [-0.1, -0.05) is 0 Å². The lowest BCUT2D eigenvalue weighted by atomic mass is 10.1. The van der Waals surface area contributed by atoms with Gasteiger partial charge in [-0.05, 0) is 19.8 Å². The van der Waals surface area contributed by atoms with E-state index in [0.717, 1.165) is 0 Å². The first-order chi connectivity index (χ1) is 7.56. The minimum atomic E-state index is -0.815. The Balaban J connectivity index is 3.50. The predicted molar refractivity (Wildman–Crippen MR) is 59.0 cm³/mol. The molecule has 94 valence electrons. The second-order valence-electron chi connectivity index (χ2n) is 3.60. The fraction of sp³-hybridized carbons (Fsp3) is 0.800. The lowest BCUT2D eigenvalue weighted by Gasteiger charge is -2.13. The normalized spacial score (nSPS) is 12.1. The van der Waals surface area contributed by atoms with E-state index in [1.54, 1.807) is 0 Å². The van der Waals surface area contributed by atoms with Gasteiger partial charge in [-0.25, -0.2) is 0 Å². The molecule has 0 saturated carbocycles. The van der Waals surface area contributed by atoms with Gasteiger partial charge in [0.2, 0.25) is 5.91 Å². The number of hydrogen-bond acceptors (Lipinski definition) is 4. The van der Waals surface area contributed by atoms with E-state index in [1.165, 1.54) is 0 Å². The second kappa shape index (κ2) is 9.11. The van der Waals surface area contributed by atoms with Crippen molar-refractivity contribution in [3.05, 3.63) is 0 Å². The summed E-state index contributed by atoms with van der Waals surface area (Å²) in [5.74, 6) is -1.01. The van der Waals surface area contributed by atoms with Crippen LogP contribution in [0.3, 0.4) is 0 Å². The molecule has 0 heterocycles. The van der Waals surface area contributed by atoms with E-state index in [9.17, 15) is 9.59 Å². The standard InChI is InChI=1S/C10H20N2O4/c1-8(3-2-4-10(14)15)12-9(13)7-16-6-5-11/h8H,2-7,11H2,1H3,(H,12,13)(H,14,15). The van der Waals surface area contributed by atoms with E-state index in [1.807, 2.05) is 6.92 Å². The van der Waals surface area contributed by atoms with Crippen LogP contribution in [0.25, 0.3) is 0 Å². The van der Waals surface area contributed by atoms with E-state index in [2.05, 4.69) is 5.32 Å². The average molecular weight is 232 g/mol. The molecule has 1 unspecified atom stereocenters. The summed E-state index contributed by atoms with van der Waals surface area (Å²) >= 11 is 0. The molecule has 0 aliphatic rings. The Morgan fingerprint density at radius 2 is 2.19 bits per heavy atom. The maximum absolute atomic E-state index is 11.2. The Morgan fingerprint density at radius 1 is 1.50 bits per heavy atom. The fourth-order valence-electron chi connectivity index (χ4n) is 1.20. The summed E-state index contributed by atoms with van der Waals surface area (Å²) in [5, 5.41) is 11.1. The second-order valence-corrected chi connectivity index (χ2v) is 3.60. The van der Waals surface area contributed by atoms with Crippen molar-refractivity contribution in [1.29, 1.82) is 0 Å². The summed E-state index contributed by atoms with van der Waals surface area (Å²) in [4.78, 5) is 21.5. The van der Waals surface area contributed by atoms with Crippen molar-refractivity contribution in [3.8, 4) is 0 Å². The number of carboxylic acid groups (broad SMARTS) is 1. The van der Waals surface area contributed by atoms with E-state index >= 15 is 0 Å². The maximum atomic E-state index is 11.2. The van der Waals surface area contributed by atoms with E-state index in [0.29, 0.717) is 26.0 Å². The molecular formula is C10H20N2O4. The van der Waals surface area contributed by atoms with Crippen LogP contribution in [-0.2, 0) is 14.3 Å². The number of amides is 1. The van der Waals surface area contributed by atoms with Crippen molar-refractivity contribution < 1.29 is 19.4 Å². The number of carbonyl (C=O) groups is 2. The number of hydrogen-bond donors (Lipinski definition) is 3. The Morgan fingerprint density at radius 3 is 2.75 bits per heavy atom. The van der Waals surface area contributed by atoms with Crippen LogP contribution in [0.2, 0.25) is 0 Å². The van der Waals surface area contributed by atoms with Crippen molar-refractivity contribution in [3.63, 3.8) is 0 Å². The third kappa shape index (κ3) is 9.42. The lowest BCUT2D eigenvalue weighted by Crippen LogP contribution is -2.35. The first kappa shape index (κ1) is 14.9. The van der Waals surface area contributed by atoms with Crippen molar-refractivity contribution in [1.82, 2.24) is 5.32 Å². The minimum absolute atomic E-state index is 0.000467. The van der Waals surface area contributed by atoms with Crippen LogP contribution >= 0.6 is 0 Å². The van der Waals surface area contributed by atoms with Crippen LogP contribution in [0.15, 0.2) is 0 Å². The van der Waals surface area contributed by atoms with Gasteiger partial charge in [0.05, 0.1) is 6.61 Å². The molecule has 1 atom stereocenters. The number of nitrogens with two attached hydrogens (primary N) is 1. The molecule has 6 heteroatoms. The number of ether oxygens (including phenoxy) is 1. The molecular weight excluding hydrogens is 212 g/mol. The first-order valence-electron chi connectivity index (χ1n) is 5.35. The van der Waals surface area contributed by atoms with Gasteiger partial charge in [0.15, 0.2) is 0 Å². The molecule has 0 spiro atoms. The van der Waals surface area contributed by atoms with Crippen LogP contribution in [0.5, 0.6) is 0 Å². The van der Waals surface area contributed by atoms with Crippen molar-refractivity contribution in [2.75, 3.05) is 19.8 Å². The fourth-order valence-corrected chi connectivity index (χ4v) is 1.20. The predicted octanol–water partition coefficient (Wildman–Crippen LogP) is -0.279. The molecule has 6 nitrogen and oxygen atoms in total. The highest BCUT2D eigenvalue weighted by molar-refractivity contribution is 5.77. The third-order valence-electron chi connectivity index (χ3n) is 1.93. The Hall–Kier alpha value is -1.14. The summed E-state index contributed by atoms with van der Waals surface area (Å²) in [6, 6.07) is -0.0340. The number of rotatable bonds is 9. The SMILES string of the molecule is CC(CCCC(=O)O)NC(=O)COCCN. The monoisotopic (exact) mass is 232 g/mol. The van der Waals surface area contributed by atoms with Gasteiger partial charge in [-0.15, -0.1) is 0 Å². The summed E-state index contributed by atoms with van der Waals surface area (Å²) in [6.45, 7) is 2.59. The van der Waals surface area contributed by atoms with Crippen LogP contribution in [0.1, 0.15) is 26.2 Å². The lowest BCUT2D eigenvalue weighted by molar-refractivity contribution is -0.137. The molecule has 0 bridgehead atoms. The topological polar surface area (TPSA) is 102 Å². The van der Waals surface area contributed by atoms with Crippen LogP contribution < -0.4 is 11.1 Å². The van der Waals surface area contributed by atoms with E-state index in [-0.39, 0.29) is 25.0 Å². The Labute approximate surface area is 95.1 Å². The van der Waals surface area contributed by atoms with Crippen LogP contribution in [0, 0.1) is 0 Å². The molecule has 0 fully saturated rings. The Bertz CT molecular complexity index is 221. The molecule has 16 heavy (non-hydrogen) atoms. The van der Waals surface area contributed by atoms with Crippen molar-refractivity contribution in [2.24, 2.45) is 5.73 Å². The minimum Gasteiger partial charge on any atom is -0.481 e. The van der Waals surface area contributed by atoms with E-state index < -0.39 is 5.97 Å². The number of nitrogens with one attached hydrogen (secondary N) is 1. The third-order valence-corrected chi connectivity index (χ3v) is 1.93. The van der Waals surface area contributed by atoms with Gasteiger partial charge in [-0.2, -0.15) is 0 Å². The van der Waals surface area contributed by atoms with Gasteiger partial charge < -0.3 is 20.9 Å². The zero-order valence-corrected chi connectivity index (χ0v) is 9.57. The average Bonchev–Trinajstić information content (AvgIpc) is 2.17. The molecule has 0 aliphatic heterocycles. The summed E-state index contributed by atoms with van der Waals surface area (Å²) < 4.78 is 4.96. The van der Waals surface area contributed by atoms with Crippen molar-refractivity contribution in [2.45, 2.75) is 32.2 Å². The van der Waals surface area contributed by atoms with Crippen LogP contribution in [0.4, 0.5) is 0 Å². The van der Waals surface area contributed by atoms with Gasteiger partial charge in [0.25, 0.3) is 0 Å². The zero-order valence-electron chi connectivity index (χ0n) is 9.57. The number of aliphatic carboxylic acids is 1. The molecule has 0 aromatic rings. The van der Waals surface area contributed by atoms with Gasteiger partial charge in [-0.3, -0.25) is 9.59 Å². The highest BCUT2D eigenvalue weighted by Crippen LogP contribution is 2.00. The molecule has 1 amide bonds.